The van der Waals surface area contributed by atoms with E-state index in [1.165, 1.54) is 60.7 Å². The van der Waals surface area contributed by atoms with Crippen LogP contribution in [0.5, 0.6) is 0 Å². The van der Waals surface area contributed by atoms with Crippen LogP contribution in [0.3, 0.4) is 0 Å². The van der Waals surface area contributed by atoms with Crippen molar-refractivity contribution in [3.8, 4) is 78.1 Å². The number of fused-ring (bicyclic) bond motifs is 9. The molecule has 2 aromatic heterocycles. The normalized spacial score (nSPS) is 12.3. The van der Waals surface area contributed by atoms with Crippen LogP contribution in [0.1, 0.15) is 22.3 Å². The van der Waals surface area contributed by atoms with E-state index in [2.05, 4.69) is 384 Å². The number of para-hydroxylation sites is 4. The molecule has 0 amide bonds. The highest BCUT2D eigenvalue weighted by molar-refractivity contribution is 6.14. The molecule has 0 unspecified atom stereocenters. The molecule has 17 aromatic rings. The van der Waals surface area contributed by atoms with Gasteiger partial charge in [0, 0.05) is 55.4 Å². The van der Waals surface area contributed by atoms with Gasteiger partial charge in [0.15, 0.2) is 0 Å². The molecule has 0 radical (unpaired) electrons. The van der Waals surface area contributed by atoms with E-state index in [0.717, 1.165) is 100 Å². The summed E-state index contributed by atoms with van der Waals surface area (Å²) in [5, 5.41) is 4.75. The first-order valence-electron chi connectivity index (χ1n) is 32.5. The van der Waals surface area contributed by atoms with Crippen LogP contribution in [0.25, 0.3) is 122 Å². The Morgan fingerprint density at radius 3 is 1.23 bits per heavy atom. The Morgan fingerprint density at radius 1 is 0.213 bits per heavy atom. The summed E-state index contributed by atoms with van der Waals surface area (Å²) in [6.07, 6.45) is 0. The molecule has 0 N–H and O–H groups in total. The summed E-state index contributed by atoms with van der Waals surface area (Å²) in [7, 11) is 0. The number of benzene rings is 15. The van der Waals surface area contributed by atoms with Gasteiger partial charge in [-0.3, -0.25) is 0 Å². The summed E-state index contributed by atoms with van der Waals surface area (Å²) in [6, 6.07) is 137. The predicted molar refractivity (Wildman–Crippen MR) is 394 cm³/mol. The molecule has 0 aliphatic heterocycles. The van der Waals surface area contributed by atoms with Crippen LogP contribution in [-0.2, 0) is 5.41 Å². The molecular formula is C91H61N3. The van der Waals surface area contributed by atoms with Gasteiger partial charge in [-0.25, -0.2) is 0 Å². The maximum absolute atomic E-state index is 2.58. The quantitative estimate of drug-likeness (QED) is 0.119. The predicted octanol–water partition coefficient (Wildman–Crippen LogP) is 24.0. The highest BCUT2D eigenvalue weighted by atomic mass is 15.2. The first-order chi connectivity index (χ1) is 46.6. The van der Waals surface area contributed by atoms with Crippen LogP contribution in [0, 0.1) is 0 Å². The molecule has 1 aliphatic rings. The highest BCUT2D eigenvalue weighted by Crippen LogP contribution is 2.58. The van der Waals surface area contributed by atoms with Crippen LogP contribution < -0.4 is 4.90 Å². The average Bonchev–Trinajstić information content (AvgIpc) is 1.52. The number of rotatable bonds is 12. The minimum Gasteiger partial charge on any atom is -0.309 e. The lowest BCUT2D eigenvalue weighted by Crippen LogP contribution is -2.28. The zero-order valence-electron chi connectivity index (χ0n) is 51.6. The zero-order valence-corrected chi connectivity index (χ0v) is 51.6. The molecule has 0 atom stereocenters. The second kappa shape index (κ2) is 22.6. The average molecular weight is 1200 g/mol. The standard InChI is InChI=1S/C91H61N3/c1-7-28-62(29-8-1)65-34-25-36-67(54-65)76-47-27-48-77(68-37-26-35-66(55-68)63-30-9-2-10-31-63)90(76)92(73-52-53-88-82(59-73)79-45-20-23-50-86(79)93(88)72-42-17-6-18-43-72)74-56-69(64-32-11-3-12-33-64)57-75(58-74)94-87-51-24-21-46-80(87)83-60-81-78-44-19-22-49-84(78)91(85(81)61-89(83)94,70-38-13-4-14-39-70)71-40-15-5-16-41-71/h1-61H. The van der Waals surface area contributed by atoms with Gasteiger partial charge in [0.25, 0.3) is 0 Å². The van der Waals surface area contributed by atoms with E-state index in [0.29, 0.717) is 0 Å². The molecule has 0 fully saturated rings. The third-order valence-corrected chi connectivity index (χ3v) is 19.5. The molecule has 0 bridgehead atoms. The number of hydrogen-bond acceptors (Lipinski definition) is 1. The number of hydrogen-bond donors (Lipinski definition) is 0. The zero-order chi connectivity index (χ0) is 62.1. The number of anilines is 3. The Labute approximate surface area is 547 Å². The fourth-order valence-electron chi connectivity index (χ4n) is 15.4. The van der Waals surface area contributed by atoms with Gasteiger partial charge < -0.3 is 14.0 Å². The Morgan fingerprint density at radius 2 is 0.649 bits per heavy atom. The van der Waals surface area contributed by atoms with E-state index >= 15 is 0 Å². The first kappa shape index (κ1) is 54.6. The van der Waals surface area contributed by atoms with E-state index in [9.17, 15) is 0 Å². The van der Waals surface area contributed by atoms with Crippen molar-refractivity contribution in [1.82, 2.24) is 9.13 Å². The van der Waals surface area contributed by atoms with Crippen LogP contribution in [-0.4, -0.2) is 9.13 Å². The molecule has 18 rings (SSSR count). The van der Waals surface area contributed by atoms with Gasteiger partial charge in [-0.2, -0.15) is 0 Å². The lowest BCUT2D eigenvalue weighted by Gasteiger charge is -2.34. The third-order valence-electron chi connectivity index (χ3n) is 19.5. The highest BCUT2D eigenvalue weighted by Gasteiger charge is 2.46. The molecule has 0 saturated carbocycles. The van der Waals surface area contributed by atoms with Crippen molar-refractivity contribution in [2.24, 2.45) is 0 Å². The largest absolute Gasteiger partial charge is 0.309 e. The second-order valence-electron chi connectivity index (χ2n) is 24.7. The number of nitrogens with zero attached hydrogens (tertiary/aromatic N) is 3. The Balaban J connectivity index is 0.964. The van der Waals surface area contributed by atoms with Gasteiger partial charge in [-0.15, -0.1) is 0 Å². The van der Waals surface area contributed by atoms with E-state index in [-0.39, 0.29) is 0 Å². The van der Waals surface area contributed by atoms with Gasteiger partial charge in [0.1, 0.15) is 0 Å². The molecule has 3 nitrogen and oxygen atoms in total. The minimum atomic E-state index is -0.601. The maximum atomic E-state index is 2.58. The molecule has 0 saturated heterocycles. The van der Waals surface area contributed by atoms with E-state index in [1.807, 2.05) is 0 Å². The van der Waals surface area contributed by atoms with E-state index < -0.39 is 5.41 Å². The van der Waals surface area contributed by atoms with Crippen molar-refractivity contribution < 1.29 is 0 Å². The van der Waals surface area contributed by atoms with Crippen LogP contribution in [0.4, 0.5) is 17.1 Å². The summed E-state index contributed by atoms with van der Waals surface area (Å²) < 4.78 is 4.97. The van der Waals surface area contributed by atoms with E-state index in [4.69, 9.17) is 0 Å². The van der Waals surface area contributed by atoms with Crippen molar-refractivity contribution in [3.05, 3.63) is 392 Å². The van der Waals surface area contributed by atoms with Crippen molar-refractivity contribution in [2.45, 2.75) is 5.41 Å². The lowest BCUT2D eigenvalue weighted by atomic mass is 9.67. The molecule has 3 heteroatoms. The number of aromatic nitrogens is 2. The summed E-state index contributed by atoms with van der Waals surface area (Å²) >= 11 is 0. The Kier molecular flexibility index (Phi) is 13.1. The van der Waals surface area contributed by atoms with Gasteiger partial charge >= 0.3 is 0 Å². The maximum Gasteiger partial charge on any atom is 0.0714 e. The van der Waals surface area contributed by atoms with Crippen LogP contribution in [0.15, 0.2) is 370 Å². The monoisotopic (exact) mass is 1200 g/mol. The summed E-state index contributed by atoms with van der Waals surface area (Å²) in [5.41, 5.74) is 28.1. The lowest BCUT2D eigenvalue weighted by molar-refractivity contribution is 0.769. The molecule has 0 spiro atoms. The Hall–Kier alpha value is -12.3. The third kappa shape index (κ3) is 8.89. The van der Waals surface area contributed by atoms with Crippen molar-refractivity contribution in [2.75, 3.05) is 4.90 Å². The second-order valence-corrected chi connectivity index (χ2v) is 24.7. The van der Waals surface area contributed by atoms with Gasteiger partial charge in [-0.05, 0) is 163 Å². The van der Waals surface area contributed by atoms with Crippen molar-refractivity contribution >= 4 is 60.7 Å². The summed E-state index contributed by atoms with van der Waals surface area (Å²) in [4.78, 5) is 2.58. The first-order valence-corrected chi connectivity index (χ1v) is 32.5. The molecular weight excluding hydrogens is 1140 g/mol. The van der Waals surface area contributed by atoms with E-state index in [1.54, 1.807) is 0 Å². The summed E-state index contributed by atoms with van der Waals surface area (Å²) in [5.74, 6) is 0. The Bertz CT molecular complexity index is 5570. The fourth-order valence-corrected chi connectivity index (χ4v) is 15.4. The topological polar surface area (TPSA) is 13.1 Å². The minimum absolute atomic E-state index is 0.601. The van der Waals surface area contributed by atoms with Crippen molar-refractivity contribution in [3.63, 3.8) is 0 Å². The molecule has 94 heavy (non-hydrogen) atoms. The summed E-state index contributed by atoms with van der Waals surface area (Å²) in [6.45, 7) is 0. The molecule has 2 heterocycles. The van der Waals surface area contributed by atoms with Gasteiger partial charge in [0.05, 0.1) is 33.2 Å². The molecule has 440 valence electrons. The van der Waals surface area contributed by atoms with Crippen LogP contribution in [0.2, 0.25) is 0 Å². The van der Waals surface area contributed by atoms with Gasteiger partial charge in [0.2, 0.25) is 0 Å². The molecule has 15 aromatic carbocycles. The smallest absolute Gasteiger partial charge is 0.0714 e. The SMILES string of the molecule is c1ccc(-c2cccc(-c3cccc(-c4cccc(-c5ccccc5)c4)c3N(c3cc(-c4ccccc4)cc(-n4c5ccccc5c5cc6c(cc54)C(c4ccccc4)(c4ccccc4)c4ccccc4-6)c3)c3ccc4c(c3)c3ccccc3n4-c3ccccc3)c2)cc1. The molecule has 1 aliphatic carbocycles. The van der Waals surface area contributed by atoms with Crippen molar-refractivity contribution in [1.29, 1.82) is 0 Å². The van der Waals surface area contributed by atoms with Crippen LogP contribution >= 0.6 is 0 Å². The fraction of sp³-hybridized carbons (Fsp3) is 0.0110. The van der Waals surface area contributed by atoms with Gasteiger partial charge in [-0.1, -0.05) is 285 Å².